The Hall–Kier alpha value is -1.89. The molecule has 0 aliphatic heterocycles. The minimum Gasteiger partial charge on any atom is -0.480 e. The first-order valence-corrected chi connectivity index (χ1v) is 8.66. The molecule has 0 amide bonds. The fourth-order valence-corrected chi connectivity index (χ4v) is 4.55. The number of halogens is 1. The zero-order valence-electron chi connectivity index (χ0n) is 12.5. The fraction of sp³-hybridized carbons (Fsp3) is 0.400. The van der Waals surface area contributed by atoms with Crippen molar-refractivity contribution in [2.45, 2.75) is 38.1 Å². The van der Waals surface area contributed by atoms with Gasteiger partial charge in [0.05, 0.1) is 21.6 Å². The highest BCUT2D eigenvalue weighted by Crippen LogP contribution is 2.32. The molecule has 0 saturated heterocycles. The number of unbranched alkanes of at least 4 members (excludes halogenated alkanes) is 1. The lowest BCUT2D eigenvalue weighted by molar-refractivity contribution is -0.137. The van der Waals surface area contributed by atoms with Gasteiger partial charge >= 0.3 is 5.97 Å². The van der Waals surface area contributed by atoms with Crippen molar-refractivity contribution in [3.8, 4) is 0 Å². The van der Waals surface area contributed by atoms with Crippen molar-refractivity contribution in [2.75, 3.05) is 5.75 Å². The second kappa shape index (κ2) is 6.08. The van der Waals surface area contributed by atoms with Crippen LogP contribution in [0.1, 0.15) is 25.5 Å². The number of nitrogens with zero attached hydrogens (tertiary/aromatic N) is 1. The van der Waals surface area contributed by atoms with Crippen LogP contribution in [0.15, 0.2) is 23.1 Å². The van der Waals surface area contributed by atoms with Gasteiger partial charge in [0, 0.05) is 5.69 Å². The molecule has 1 aromatic heterocycles. The first-order chi connectivity index (χ1) is 10.3. The molecule has 0 bridgehead atoms. The van der Waals surface area contributed by atoms with Gasteiger partial charge in [0.1, 0.15) is 12.4 Å². The maximum absolute atomic E-state index is 14.2. The summed E-state index contributed by atoms with van der Waals surface area (Å²) < 4.78 is 40.6. The van der Waals surface area contributed by atoms with Gasteiger partial charge in [0.15, 0.2) is 9.84 Å². The van der Waals surface area contributed by atoms with E-state index in [-0.39, 0.29) is 27.2 Å². The molecular weight excluding hydrogens is 309 g/mol. The molecule has 2 aromatic rings. The van der Waals surface area contributed by atoms with Crippen LogP contribution in [-0.2, 0) is 21.2 Å². The maximum atomic E-state index is 14.2. The van der Waals surface area contributed by atoms with Crippen molar-refractivity contribution >= 4 is 26.7 Å². The average molecular weight is 327 g/mol. The molecule has 7 heteroatoms. The SMILES string of the molecule is CCCCS(=O)(=O)c1c(C)n(CC(=O)O)c2cccc(F)c12. The lowest BCUT2D eigenvalue weighted by Gasteiger charge is -2.06. The molecule has 1 N–H and O–H groups in total. The van der Waals surface area contributed by atoms with Crippen LogP contribution < -0.4 is 0 Å². The van der Waals surface area contributed by atoms with Gasteiger partial charge in [-0.3, -0.25) is 4.79 Å². The third kappa shape index (κ3) is 2.85. The molecule has 0 aliphatic carbocycles. The highest BCUT2D eigenvalue weighted by molar-refractivity contribution is 7.91. The summed E-state index contributed by atoms with van der Waals surface area (Å²) >= 11 is 0. The molecule has 2 rings (SSSR count). The summed E-state index contributed by atoms with van der Waals surface area (Å²) in [5.41, 5.74) is 0.550. The number of aliphatic carboxylic acids is 1. The molecule has 120 valence electrons. The number of carboxylic acids is 1. The first-order valence-electron chi connectivity index (χ1n) is 7.01. The molecule has 1 aromatic carbocycles. The van der Waals surface area contributed by atoms with E-state index in [1.807, 2.05) is 6.92 Å². The molecule has 0 radical (unpaired) electrons. The molecule has 22 heavy (non-hydrogen) atoms. The van der Waals surface area contributed by atoms with Crippen LogP contribution in [0.25, 0.3) is 10.9 Å². The number of fused-ring (bicyclic) bond motifs is 1. The zero-order chi connectivity index (χ0) is 16.5. The van der Waals surface area contributed by atoms with Gasteiger partial charge in [-0.15, -0.1) is 0 Å². The standard InChI is InChI=1S/C15H18FNO4S/c1-3-4-8-22(20,21)15-10(2)17(9-13(18)19)12-7-5-6-11(16)14(12)15/h5-7H,3-4,8-9H2,1-2H3,(H,18,19). The van der Waals surface area contributed by atoms with Crippen LogP contribution >= 0.6 is 0 Å². The Balaban J connectivity index is 2.79. The molecule has 0 saturated carbocycles. The van der Waals surface area contributed by atoms with Gasteiger partial charge in [-0.25, -0.2) is 12.8 Å². The first kappa shape index (κ1) is 16.5. The average Bonchev–Trinajstić information content (AvgIpc) is 2.71. The van der Waals surface area contributed by atoms with Crippen LogP contribution in [0, 0.1) is 12.7 Å². The lowest BCUT2D eigenvalue weighted by atomic mass is 10.2. The molecule has 1 heterocycles. The number of hydrogen-bond donors (Lipinski definition) is 1. The van der Waals surface area contributed by atoms with E-state index < -0.39 is 28.2 Å². The van der Waals surface area contributed by atoms with E-state index in [0.717, 1.165) is 0 Å². The van der Waals surface area contributed by atoms with E-state index in [9.17, 15) is 17.6 Å². The second-order valence-electron chi connectivity index (χ2n) is 5.20. The van der Waals surface area contributed by atoms with E-state index >= 15 is 0 Å². The minimum absolute atomic E-state index is 0.0163. The van der Waals surface area contributed by atoms with Crippen molar-refractivity contribution in [3.63, 3.8) is 0 Å². The Morgan fingerprint density at radius 1 is 1.36 bits per heavy atom. The number of sulfone groups is 1. The third-order valence-electron chi connectivity index (χ3n) is 3.61. The highest BCUT2D eigenvalue weighted by Gasteiger charge is 2.27. The molecule has 0 spiro atoms. The Labute approximate surface area is 128 Å². The largest absolute Gasteiger partial charge is 0.480 e. The van der Waals surface area contributed by atoms with Crippen LogP contribution in [-0.4, -0.2) is 29.8 Å². The van der Waals surface area contributed by atoms with E-state index in [1.54, 1.807) is 0 Å². The van der Waals surface area contributed by atoms with E-state index in [0.29, 0.717) is 12.8 Å². The van der Waals surface area contributed by atoms with Gasteiger partial charge in [0.2, 0.25) is 0 Å². The van der Waals surface area contributed by atoms with Gasteiger partial charge in [-0.2, -0.15) is 0 Å². The Kier molecular flexibility index (Phi) is 4.55. The summed E-state index contributed by atoms with van der Waals surface area (Å²) in [6.45, 7) is 2.98. The zero-order valence-corrected chi connectivity index (χ0v) is 13.3. The number of hydrogen-bond acceptors (Lipinski definition) is 3. The number of carbonyl (C=O) groups is 1. The maximum Gasteiger partial charge on any atom is 0.323 e. The Morgan fingerprint density at radius 3 is 2.64 bits per heavy atom. The van der Waals surface area contributed by atoms with Gasteiger partial charge < -0.3 is 9.67 Å². The monoisotopic (exact) mass is 327 g/mol. The van der Waals surface area contributed by atoms with Crippen LogP contribution in [0.4, 0.5) is 4.39 Å². The summed E-state index contributed by atoms with van der Waals surface area (Å²) in [7, 11) is -3.67. The van der Waals surface area contributed by atoms with Gasteiger partial charge in [-0.05, 0) is 25.5 Å². The summed E-state index contributed by atoms with van der Waals surface area (Å²) in [6, 6.07) is 4.16. The van der Waals surface area contributed by atoms with Crippen LogP contribution in [0.2, 0.25) is 0 Å². The smallest absolute Gasteiger partial charge is 0.323 e. The van der Waals surface area contributed by atoms with Crippen molar-refractivity contribution in [1.82, 2.24) is 4.57 Å². The van der Waals surface area contributed by atoms with Crippen molar-refractivity contribution < 1.29 is 22.7 Å². The number of carboxylic acid groups (broad SMARTS) is 1. The van der Waals surface area contributed by atoms with Gasteiger partial charge in [0.25, 0.3) is 0 Å². The molecule has 5 nitrogen and oxygen atoms in total. The van der Waals surface area contributed by atoms with E-state index in [4.69, 9.17) is 5.11 Å². The Morgan fingerprint density at radius 2 is 2.05 bits per heavy atom. The van der Waals surface area contributed by atoms with Gasteiger partial charge in [-0.1, -0.05) is 19.4 Å². The number of rotatable bonds is 6. The number of aromatic nitrogens is 1. The summed E-state index contributed by atoms with van der Waals surface area (Å²) in [4.78, 5) is 10.9. The van der Waals surface area contributed by atoms with Crippen molar-refractivity contribution in [3.05, 3.63) is 29.7 Å². The third-order valence-corrected chi connectivity index (χ3v) is 5.56. The van der Waals surface area contributed by atoms with Crippen LogP contribution in [0.3, 0.4) is 0 Å². The second-order valence-corrected chi connectivity index (χ2v) is 7.25. The van der Waals surface area contributed by atoms with E-state index in [1.165, 1.54) is 29.7 Å². The van der Waals surface area contributed by atoms with Crippen LogP contribution in [0.5, 0.6) is 0 Å². The van der Waals surface area contributed by atoms with Crippen molar-refractivity contribution in [2.24, 2.45) is 0 Å². The lowest BCUT2D eigenvalue weighted by Crippen LogP contribution is -2.12. The molecule has 0 aliphatic rings. The highest BCUT2D eigenvalue weighted by atomic mass is 32.2. The quantitative estimate of drug-likeness (QED) is 0.885. The predicted octanol–water partition coefficient (Wildman–Crippen LogP) is 2.75. The molecule has 0 unspecified atom stereocenters. The fourth-order valence-electron chi connectivity index (χ4n) is 2.60. The summed E-state index contributed by atoms with van der Waals surface area (Å²) in [5, 5.41) is 8.99. The topological polar surface area (TPSA) is 76.4 Å². The van der Waals surface area contributed by atoms with E-state index in [2.05, 4.69) is 0 Å². The molecule has 0 atom stereocenters. The summed E-state index contributed by atoms with van der Waals surface area (Å²) in [5.74, 6) is -1.84. The summed E-state index contributed by atoms with van der Waals surface area (Å²) in [6.07, 6.45) is 1.18. The molecular formula is C15H18FNO4S. The minimum atomic E-state index is -3.67. The predicted molar refractivity (Wildman–Crippen MR) is 81.2 cm³/mol. The normalized spacial score (nSPS) is 12.0. The molecule has 0 fully saturated rings. The number of benzene rings is 1. The Bertz CT molecular complexity index is 824. The van der Waals surface area contributed by atoms with Crippen molar-refractivity contribution in [1.29, 1.82) is 0 Å².